The molecule has 1 heterocycles. The third kappa shape index (κ3) is 2.80. The lowest BCUT2D eigenvalue weighted by Crippen LogP contribution is -2.25. The van der Waals surface area contributed by atoms with Gasteiger partial charge < -0.3 is 5.73 Å². The lowest BCUT2D eigenvalue weighted by Gasteiger charge is -2.35. The molecule has 0 bridgehead atoms. The highest BCUT2D eigenvalue weighted by atomic mass is 35.5. The van der Waals surface area contributed by atoms with Crippen LogP contribution in [0.25, 0.3) is 0 Å². The Bertz CT molecular complexity index is 532. The zero-order valence-electron chi connectivity index (χ0n) is 10.5. The number of aromatic nitrogens is 2. The molecule has 102 valence electrons. The van der Waals surface area contributed by atoms with E-state index in [1.165, 1.54) is 17.7 Å². The van der Waals surface area contributed by atoms with Gasteiger partial charge in [0.2, 0.25) is 0 Å². The van der Waals surface area contributed by atoms with Gasteiger partial charge in [0.15, 0.2) is 0 Å². The summed E-state index contributed by atoms with van der Waals surface area (Å²) in [5.74, 6) is 0.357. The zero-order chi connectivity index (χ0) is 12.5. The largest absolute Gasteiger partial charge is 0.326 e. The van der Waals surface area contributed by atoms with Gasteiger partial charge in [0, 0.05) is 18.3 Å². The predicted molar refractivity (Wildman–Crippen MR) is 74.8 cm³/mol. The molecule has 0 spiro atoms. The highest BCUT2D eigenvalue weighted by molar-refractivity contribution is 5.85. The predicted octanol–water partition coefficient (Wildman–Crippen LogP) is 3.02. The standard InChI is InChI=1S/C14H16FN3.ClH/c15-13-3-1-11(2-4-13)12-5-14(6-12)18-9-10(7-16)8-17-18;/h1-4,8-9,12,14H,5-7,16H2;1H/t12-,14-;. The van der Waals surface area contributed by atoms with Crippen molar-refractivity contribution in [3.63, 3.8) is 0 Å². The summed E-state index contributed by atoms with van der Waals surface area (Å²) in [5.41, 5.74) is 7.86. The summed E-state index contributed by atoms with van der Waals surface area (Å²) in [6.45, 7) is 0.536. The molecule has 2 N–H and O–H groups in total. The normalized spacial score (nSPS) is 21.6. The summed E-state index contributed by atoms with van der Waals surface area (Å²) in [7, 11) is 0. The Balaban J connectivity index is 0.00000133. The minimum absolute atomic E-state index is 0. The molecule has 2 aromatic rings. The van der Waals surface area contributed by atoms with E-state index in [0.29, 0.717) is 18.5 Å². The molecule has 1 aliphatic rings. The molecule has 1 aromatic heterocycles. The maximum absolute atomic E-state index is 12.8. The maximum Gasteiger partial charge on any atom is 0.123 e. The second-order valence-electron chi connectivity index (χ2n) is 4.91. The summed E-state index contributed by atoms with van der Waals surface area (Å²) < 4.78 is 14.8. The van der Waals surface area contributed by atoms with E-state index in [0.717, 1.165) is 18.4 Å². The first-order valence-corrected chi connectivity index (χ1v) is 6.25. The summed E-state index contributed by atoms with van der Waals surface area (Å²) in [5, 5.41) is 4.33. The third-order valence-corrected chi connectivity index (χ3v) is 3.72. The first kappa shape index (κ1) is 14.0. The second kappa shape index (κ2) is 5.72. The van der Waals surface area contributed by atoms with Crippen molar-refractivity contribution in [1.29, 1.82) is 0 Å². The van der Waals surface area contributed by atoms with Crippen molar-refractivity contribution in [1.82, 2.24) is 9.78 Å². The average molecular weight is 282 g/mol. The second-order valence-corrected chi connectivity index (χ2v) is 4.91. The molecular weight excluding hydrogens is 265 g/mol. The van der Waals surface area contributed by atoms with Gasteiger partial charge in [0.1, 0.15) is 5.82 Å². The number of rotatable bonds is 3. The Morgan fingerprint density at radius 1 is 1.26 bits per heavy atom. The molecule has 19 heavy (non-hydrogen) atoms. The van der Waals surface area contributed by atoms with Gasteiger partial charge in [-0.3, -0.25) is 4.68 Å². The van der Waals surface area contributed by atoms with Crippen molar-refractivity contribution in [3.05, 3.63) is 53.6 Å². The minimum atomic E-state index is -0.172. The van der Waals surface area contributed by atoms with E-state index in [4.69, 9.17) is 5.73 Å². The molecule has 1 saturated carbocycles. The molecule has 0 saturated heterocycles. The Hall–Kier alpha value is -1.39. The minimum Gasteiger partial charge on any atom is -0.326 e. The lowest BCUT2D eigenvalue weighted by molar-refractivity contribution is 0.245. The van der Waals surface area contributed by atoms with Crippen LogP contribution in [0.5, 0.6) is 0 Å². The number of halogens is 2. The van der Waals surface area contributed by atoms with Crippen LogP contribution in [0, 0.1) is 5.82 Å². The summed E-state index contributed by atoms with van der Waals surface area (Å²) in [6.07, 6.45) is 5.98. The van der Waals surface area contributed by atoms with Gasteiger partial charge in [-0.25, -0.2) is 4.39 Å². The van der Waals surface area contributed by atoms with Crippen LogP contribution < -0.4 is 5.73 Å². The number of hydrogen-bond acceptors (Lipinski definition) is 2. The van der Waals surface area contributed by atoms with E-state index >= 15 is 0 Å². The topological polar surface area (TPSA) is 43.8 Å². The highest BCUT2D eigenvalue weighted by Crippen LogP contribution is 2.44. The van der Waals surface area contributed by atoms with E-state index in [1.807, 2.05) is 29.2 Å². The van der Waals surface area contributed by atoms with Crippen molar-refractivity contribution >= 4 is 12.4 Å². The van der Waals surface area contributed by atoms with Crippen LogP contribution in [0.15, 0.2) is 36.7 Å². The Morgan fingerprint density at radius 2 is 1.95 bits per heavy atom. The van der Waals surface area contributed by atoms with Crippen LogP contribution in [-0.2, 0) is 6.54 Å². The highest BCUT2D eigenvalue weighted by Gasteiger charge is 2.31. The molecule has 0 unspecified atom stereocenters. The van der Waals surface area contributed by atoms with Crippen molar-refractivity contribution < 1.29 is 4.39 Å². The van der Waals surface area contributed by atoms with Crippen molar-refractivity contribution in [2.24, 2.45) is 5.73 Å². The molecule has 0 atom stereocenters. The van der Waals surface area contributed by atoms with Gasteiger partial charge in [0.05, 0.1) is 12.2 Å². The summed E-state index contributed by atoms with van der Waals surface area (Å²) >= 11 is 0. The Labute approximate surface area is 118 Å². The van der Waals surface area contributed by atoms with Crippen molar-refractivity contribution in [2.75, 3.05) is 0 Å². The number of hydrogen-bond donors (Lipinski definition) is 1. The van der Waals surface area contributed by atoms with Crippen LogP contribution >= 0.6 is 12.4 Å². The fourth-order valence-electron chi connectivity index (χ4n) is 2.49. The van der Waals surface area contributed by atoms with Gasteiger partial charge in [-0.1, -0.05) is 12.1 Å². The van der Waals surface area contributed by atoms with Crippen molar-refractivity contribution in [2.45, 2.75) is 31.3 Å². The lowest BCUT2D eigenvalue weighted by atomic mass is 9.76. The molecule has 0 radical (unpaired) electrons. The Morgan fingerprint density at radius 3 is 2.53 bits per heavy atom. The van der Waals surface area contributed by atoms with Gasteiger partial charge in [0.25, 0.3) is 0 Å². The molecule has 5 heteroatoms. The zero-order valence-corrected chi connectivity index (χ0v) is 11.3. The fraction of sp³-hybridized carbons (Fsp3) is 0.357. The molecule has 1 aliphatic carbocycles. The summed E-state index contributed by atoms with van der Waals surface area (Å²) in [4.78, 5) is 0. The van der Waals surface area contributed by atoms with Crippen LogP contribution in [0.2, 0.25) is 0 Å². The van der Waals surface area contributed by atoms with Crippen LogP contribution in [0.1, 0.15) is 35.9 Å². The SMILES string of the molecule is Cl.NCc1cnn([C@H]2C[C@H](c3ccc(F)cc3)C2)c1. The average Bonchev–Trinajstić information content (AvgIpc) is 2.78. The molecule has 0 aliphatic heterocycles. The van der Waals surface area contributed by atoms with E-state index in [-0.39, 0.29) is 18.2 Å². The van der Waals surface area contributed by atoms with Gasteiger partial charge in [-0.15, -0.1) is 12.4 Å². The molecule has 0 amide bonds. The molecule has 3 rings (SSSR count). The third-order valence-electron chi connectivity index (χ3n) is 3.72. The van der Waals surface area contributed by atoms with Crippen LogP contribution in [0.4, 0.5) is 4.39 Å². The fourth-order valence-corrected chi connectivity index (χ4v) is 2.49. The van der Waals surface area contributed by atoms with E-state index in [1.54, 1.807) is 0 Å². The molecular formula is C14H17ClFN3. The van der Waals surface area contributed by atoms with E-state index in [9.17, 15) is 4.39 Å². The van der Waals surface area contributed by atoms with Crippen LogP contribution in [0.3, 0.4) is 0 Å². The first-order chi connectivity index (χ1) is 8.76. The first-order valence-electron chi connectivity index (χ1n) is 6.25. The van der Waals surface area contributed by atoms with E-state index in [2.05, 4.69) is 5.10 Å². The smallest absolute Gasteiger partial charge is 0.123 e. The van der Waals surface area contributed by atoms with Gasteiger partial charge in [-0.2, -0.15) is 5.10 Å². The quantitative estimate of drug-likeness (QED) is 0.940. The Kier molecular flexibility index (Phi) is 4.22. The summed E-state index contributed by atoms with van der Waals surface area (Å²) in [6, 6.07) is 7.28. The molecule has 3 nitrogen and oxygen atoms in total. The number of nitrogens with two attached hydrogens (primary N) is 1. The maximum atomic E-state index is 12.8. The van der Waals surface area contributed by atoms with Gasteiger partial charge in [-0.05, 0) is 36.5 Å². The van der Waals surface area contributed by atoms with E-state index < -0.39 is 0 Å². The number of benzene rings is 1. The van der Waals surface area contributed by atoms with Crippen LogP contribution in [-0.4, -0.2) is 9.78 Å². The van der Waals surface area contributed by atoms with Gasteiger partial charge >= 0.3 is 0 Å². The molecule has 1 aromatic carbocycles. The number of nitrogens with zero attached hydrogens (tertiary/aromatic N) is 2. The monoisotopic (exact) mass is 281 g/mol. The van der Waals surface area contributed by atoms with Crippen molar-refractivity contribution in [3.8, 4) is 0 Å². The molecule has 1 fully saturated rings.